The van der Waals surface area contributed by atoms with E-state index in [4.69, 9.17) is 10.00 Å². The minimum absolute atomic E-state index is 0.0517. The first-order valence-electron chi connectivity index (χ1n) is 5.66. The summed E-state index contributed by atoms with van der Waals surface area (Å²) in [7, 11) is 1.59. The normalized spacial score (nSPS) is 11.8. The SMILES string of the molecule is COCCNC(=O)C(C)NCc1ccc(C#N)s1. The minimum Gasteiger partial charge on any atom is -0.383 e. The number of nitrogens with zero attached hydrogens (tertiary/aromatic N) is 1. The van der Waals surface area contributed by atoms with E-state index in [1.54, 1.807) is 20.1 Å². The molecule has 0 aromatic carbocycles. The van der Waals surface area contributed by atoms with Crippen LogP contribution in [0.25, 0.3) is 0 Å². The number of nitrogens with one attached hydrogen (secondary N) is 2. The van der Waals surface area contributed by atoms with Gasteiger partial charge < -0.3 is 15.4 Å². The van der Waals surface area contributed by atoms with Crippen molar-refractivity contribution >= 4 is 17.2 Å². The number of carbonyl (C=O) groups is 1. The highest BCUT2D eigenvalue weighted by Crippen LogP contribution is 2.14. The van der Waals surface area contributed by atoms with Crippen LogP contribution >= 0.6 is 11.3 Å². The van der Waals surface area contributed by atoms with Gasteiger partial charge in [-0.1, -0.05) is 0 Å². The fourth-order valence-corrected chi connectivity index (χ4v) is 2.06. The summed E-state index contributed by atoms with van der Waals surface area (Å²) in [6.45, 7) is 3.42. The van der Waals surface area contributed by atoms with Crippen LogP contribution in [-0.2, 0) is 16.1 Å². The Morgan fingerprint density at radius 3 is 3.00 bits per heavy atom. The zero-order valence-electron chi connectivity index (χ0n) is 10.5. The predicted octanol–water partition coefficient (Wildman–Crippen LogP) is 0.860. The number of rotatable bonds is 7. The summed E-state index contributed by atoms with van der Waals surface area (Å²) >= 11 is 1.43. The Morgan fingerprint density at radius 2 is 2.39 bits per heavy atom. The predicted molar refractivity (Wildman–Crippen MR) is 70.2 cm³/mol. The second-order valence-electron chi connectivity index (χ2n) is 3.76. The second-order valence-corrected chi connectivity index (χ2v) is 4.93. The van der Waals surface area contributed by atoms with Crippen molar-refractivity contribution in [1.82, 2.24) is 10.6 Å². The van der Waals surface area contributed by atoms with Crippen LogP contribution in [0.5, 0.6) is 0 Å². The fourth-order valence-electron chi connectivity index (χ4n) is 1.31. The van der Waals surface area contributed by atoms with Crippen molar-refractivity contribution in [3.05, 3.63) is 21.9 Å². The lowest BCUT2D eigenvalue weighted by atomic mass is 10.3. The van der Waals surface area contributed by atoms with Gasteiger partial charge in [-0.2, -0.15) is 5.26 Å². The molecule has 1 unspecified atom stereocenters. The summed E-state index contributed by atoms with van der Waals surface area (Å²) in [5.74, 6) is -0.0517. The van der Waals surface area contributed by atoms with Gasteiger partial charge in [-0.05, 0) is 19.1 Å². The number of thiophene rings is 1. The summed E-state index contributed by atoms with van der Waals surface area (Å²) < 4.78 is 4.85. The topological polar surface area (TPSA) is 74.2 Å². The number of hydrogen-bond donors (Lipinski definition) is 2. The van der Waals surface area contributed by atoms with Gasteiger partial charge >= 0.3 is 0 Å². The van der Waals surface area contributed by atoms with Crippen LogP contribution in [-0.4, -0.2) is 32.2 Å². The highest BCUT2D eigenvalue weighted by atomic mass is 32.1. The molecule has 2 N–H and O–H groups in total. The summed E-state index contributed by atoms with van der Waals surface area (Å²) in [4.78, 5) is 13.4. The molecule has 98 valence electrons. The number of hydrogen-bond acceptors (Lipinski definition) is 5. The molecule has 0 aliphatic heterocycles. The molecule has 5 nitrogen and oxygen atoms in total. The number of nitriles is 1. The molecule has 0 aliphatic carbocycles. The summed E-state index contributed by atoms with van der Waals surface area (Å²) in [5.41, 5.74) is 0. The van der Waals surface area contributed by atoms with E-state index in [1.807, 2.05) is 6.07 Å². The minimum atomic E-state index is -0.269. The van der Waals surface area contributed by atoms with Crippen LogP contribution in [0.1, 0.15) is 16.7 Å². The zero-order valence-corrected chi connectivity index (χ0v) is 11.3. The molecule has 0 spiro atoms. The van der Waals surface area contributed by atoms with E-state index in [9.17, 15) is 4.79 Å². The zero-order chi connectivity index (χ0) is 13.4. The third-order valence-electron chi connectivity index (χ3n) is 2.35. The average Bonchev–Trinajstić information content (AvgIpc) is 2.84. The van der Waals surface area contributed by atoms with E-state index in [2.05, 4.69) is 16.7 Å². The lowest BCUT2D eigenvalue weighted by molar-refractivity contribution is -0.122. The van der Waals surface area contributed by atoms with Crippen molar-refractivity contribution in [2.45, 2.75) is 19.5 Å². The first kappa shape index (κ1) is 14.6. The summed E-state index contributed by atoms with van der Waals surface area (Å²) in [6.07, 6.45) is 0. The highest BCUT2D eigenvalue weighted by Gasteiger charge is 2.11. The van der Waals surface area contributed by atoms with Gasteiger partial charge in [0.05, 0.1) is 12.6 Å². The van der Waals surface area contributed by atoms with Crippen LogP contribution in [0.3, 0.4) is 0 Å². The van der Waals surface area contributed by atoms with Crippen molar-refractivity contribution in [3.8, 4) is 6.07 Å². The Bertz CT molecular complexity index is 425. The maximum atomic E-state index is 11.6. The Kier molecular flexibility index (Phi) is 6.36. The van der Waals surface area contributed by atoms with Crippen LogP contribution in [0.2, 0.25) is 0 Å². The summed E-state index contributed by atoms with van der Waals surface area (Å²) in [6, 6.07) is 5.50. The first-order chi connectivity index (χ1) is 8.67. The van der Waals surface area contributed by atoms with Crippen molar-refractivity contribution in [1.29, 1.82) is 5.26 Å². The third kappa shape index (κ3) is 4.84. The molecular formula is C12H17N3O2S. The molecule has 1 aromatic heterocycles. The maximum absolute atomic E-state index is 11.6. The van der Waals surface area contributed by atoms with Gasteiger partial charge in [0.25, 0.3) is 0 Å². The van der Waals surface area contributed by atoms with Crippen molar-refractivity contribution < 1.29 is 9.53 Å². The molecule has 1 rings (SSSR count). The van der Waals surface area contributed by atoms with Gasteiger partial charge in [0.15, 0.2) is 0 Å². The van der Waals surface area contributed by atoms with E-state index < -0.39 is 0 Å². The molecule has 1 amide bonds. The lowest BCUT2D eigenvalue weighted by Crippen LogP contribution is -2.42. The number of methoxy groups -OCH3 is 1. The molecule has 6 heteroatoms. The molecule has 0 saturated heterocycles. The molecule has 0 fully saturated rings. The van der Waals surface area contributed by atoms with Gasteiger partial charge in [0, 0.05) is 25.1 Å². The van der Waals surface area contributed by atoms with E-state index in [-0.39, 0.29) is 11.9 Å². The monoisotopic (exact) mass is 267 g/mol. The number of amides is 1. The molecule has 0 aliphatic rings. The van der Waals surface area contributed by atoms with Gasteiger partial charge in [0.2, 0.25) is 5.91 Å². The molecule has 0 bridgehead atoms. The summed E-state index contributed by atoms with van der Waals surface area (Å²) in [5, 5.41) is 14.6. The van der Waals surface area contributed by atoms with Gasteiger partial charge in [-0.3, -0.25) is 4.79 Å². The molecular weight excluding hydrogens is 250 g/mol. The van der Waals surface area contributed by atoms with E-state index in [0.29, 0.717) is 24.6 Å². The second kappa shape index (κ2) is 7.82. The Balaban J connectivity index is 2.29. The van der Waals surface area contributed by atoms with Gasteiger partial charge in [0.1, 0.15) is 10.9 Å². The largest absolute Gasteiger partial charge is 0.383 e. The van der Waals surface area contributed by atoms with Crippen molar-refractivity contribution in [2.75, 3.05) is 20.3 Å². The number of carbonyl (C=O) groups excluding carboxylic acids is 1. The van der Waals surface area contributed by atoms with Crippen LogP contribution in [0, 0.1) is 11.3 Å². The van der Waals surface area contributed by atoms with Gasteiger partial charge in [-0.15, -0.1) is 11.3 Å². The van der Waals surface area contributed by atoms with Crippen molar-refractivity contribution in [2.24, 2.45) is 0 Å². The Morgan fingerprint density at radius 1 is 1.61 bits per heavy atom. The van der Waals surface area contributed by atoms with Crippen LogP contribution < -0.4 is 10.6 Å². The molecule has 1 heterocycles. The Hall–Kier alpha value is -1.42. The molecule has 1 aromatic rings. The average molecular weight is 267 g/mol. The molecule has 0 radical (unpaired) electrons. The van der Waals surface area contributed by atoms with E-state index in [0.717, 1.165) is 4.88 Å². The quantitative estimate of drug-likeness (QED) is 0.719. The molecule has 0 saturated carbocycles. The first-order valence-corrected chi connectivity index (χ1v) is 6.48. The van der Waals surface area contributed by atoms with Gasteiger partial charge in [-0.25, -0.2) is 0 Å². The smallest absolute Gasteiger partial charge is 0.236 e. The van der Waals surface area contributed by atoms with Crippen LogP contribution in [0.4, 0.5) is 0 Å². The van der Waals surface area contributed by atoms with E-state index in [1.165, 1.54) is 11.3 Å². The molecule has 18 heavy (non-hydrogen) atoms. The van der Waals surface area contributed by atoms with E-state index >= 15 is 0 Å². The third-order valence-corrected chi connectivity index (χ3v) is 3.34. The Labute approximate surface area is 111 Å². The standard InChI is InChI=1S/C12H17N3O2S/c1-9(12(16)14-5-6-17-2)15-8-11-4-3-10(7-13)18-11/h3-4,9,15H,5-6,8H2,1-2H3,(H,14,16). The number of ether oxygens (including phenoxy) is 1. The lowest BCUT2D eigenvalue weighted by Gasteiger charge is -2.13. The van der Waals surface area contributed by atoms with Crippen LogP contribution in [0.15, 0.2) is 12.1 Å². The van der Waals surface area contributed by atoms with Crippen molar-refractivity contribution in [3.63, 3.8) is 0 Å². The fraction of sp³-hybridized carbons (Fsp3) is 0.500. The molecule has 1 atom stereocenters. The highest BCUT2D eigenvalue weighted by molar-refractivity contribution is 7.12. The maximum Gasteiger partial charge on any atom is 0.236 e.